The van der Waals surface area contributed by atoms with Crippen molar-refractivity contribution in [2.24, 2.45) is 0 Å². The molecule has 8 aromatic rings. The molecule has 10 rings (SSSR count). The first-order chi connectivity index (χ1) is 41.3. The van der Waals surface area contributed by atoms with Gasteiger partial charge in [0.15, 0.2) is 22.9 Å². The summed E-state index contributed by atoms with van der Waals surface area (Å²) in [5.41, 5.74) is 10.7. The molecular weight excluding hydrogens is 1110 g/mol. The zero-order valence-corrected chi connectivity index (χ0v) is 54.7. The lowest BCUT2D eigenvalue weighted by Crippen LogP contribution is -2.41. The van der Waals surface area contributed by atoms with Crippen molar-refractivity contribution in [3.05, 3.63) is 132 Å². The Morgan fingerprint density at radius 1 is 0.500 bits per heavy atom. The number of aliphatic carboxylic acids is 1. The maximum absolute atomic E-state index is 13.1. The zero-order valence-electron chi connectivity index (χ0n) is 54.7. The van der Waals surface area contributed by atoms with Gasteiger partial charge in [-0.2, -0.15) is 0 Å². The molecule has 2 aromatic carbocycles. The molecule has 8 heterocycles. The van der Waals surface area contributed by atoms with Gasteiger partial charge in [0.25, 0.3) is 0 Å². The van der Waals surface area contributed by atoms with Crippen molar-refractivity contribution in [3.8, 4) is 34.3 Å². The highest BCUT2D eigenvalue weighted by molar-refractivity contribution is 5.79. The van der Waals surface area contributed by atoms with E-state index < -0.39 is 11.6 Å². The number of ether oxygens (including phenoxy) is 3. The largest absolute Gasteiger partial charge is 0.496 e. The van der Waals surface area contributed by atoms with E-state index in [0.29, 0.717) is 37.3 Å². The summed E-state index contributed by atoms with van der Waals surface area (Å²) < 4.78 is 20.7. The van der Waals surface area contributed by atoms with E-state index in [-0.39, 0.29) is 58.6 Å². The van der Waals surface area contributed by atoms with Gasteiger partial charge in [0.1, 0.15) is 41.2 Å². The second kappa shape index (κ2) is 26.5. The summed E-state index contributed by atoms with van der Waals surface area (Å²) in [5.74, 6) is 3.11. The number of fused-ring (bicyclic) bond motifs is 2. The van der Waals surface area contributed by atoms with Crippen molar-refractivity contribution in [1.82, 2.24) is 58.8 Å². The number of carboxylic acids is 1. The molecule has 2 amide bonds. The first kappa shape index (κ1) is 65.6. The maximum Gasteiger partial charge on any atom is 0.410 e. The van der Waals surface area contributed by atoms with Crippen molar-refractivity contribution in [2.75, 3.05) is 40.4 Å². The van der Waals surface area contributed by atoms with Crippen molar-refractivity contribution in [2.45, 2.75) is 182 Å². The van der Waals surface area contributed by atoms with Crippen LogP contribution in [0.3, 0.4) is 0 Å². The van der Waals surface area contributed by atoms with Gasteiger partial charge >= 0.3 is 12.1 Å². The Labute approximate surface area is 518 Å². The molecule has 6 aromatic heterocycles. The van der Waals surface area contributed by atoms with Gasteiger partial charge in [0, 0.05) is 108 Å². The van der Waals surface area contributed by atoms with E-state index >= 15 is 0 Å². The first-order valence-electron chi connectivity index (χ1n) is 30.4. The van der Waals surface area contributed by atoms with Gasteiger partial charge in [0.2, 0.25) is 5.91 Å². The molecule has 19 nitrogen and oxygen atoms in total. The van der Waals surface area contributed by atoms with Crippen LogP contribution in [0, 0.1) is 0 Å². The van der Waals surface area contributed by atoms with Crippen molar-refractivity contribution >= 4 is 40.3 Å². The highest BCUT2D eigenvalue weighted by atomic mass is 16.6. The number of methoxy groups -OCH3 is 2. The van der Waals surface area contributed by atoms with Crippen LogP contribution in [0.15, 0.2) is 98.1 Å². The highest BCUT2D eigenvalue weighted by Crippen LogP contribution is 2.44. The normalized spacial score (nSPS) is 14.6. The third-order valence-electron chi connectivity index (χ3n) is 15.9. The number of amides is 2. The smallest absolute Gasteiger partial charge is 0.410 e. The standard InChI is InChI=1S/C32H40N6O2.C29H43N3O3.C8H7N3O2/c1-31(2,3)23-17-22(18-24(28(23)40-7)32(4,5)6)29-33-14-10-25(36-29)21-11-15-37(16-12-21)27(39)19-38-20-35-26-9-8-13-34-30(26)38;1-27(2,3)21-17-20(18-22(24(21)34-10)28(4,5)6)25-30-14-11-23(31-25)19-12-15-32(16-13-19)26(33)35-29(7,8)9;12-7(13)4-11-5-10-6-2-1-3-9-8(6)11/h8-10,13-14,17-18,20-21H,11-12,15-16,19H2,1-7H3;11,14,17-19H,12-13,15-16H2,1-10H3;1-3,5H,4H2,(H,12,13). The Morgan fingerprint density at radius 3 is 1.23 bits per heavy atom. The van der Waals surface area contributed by atoms with Gasteiger partial charge in [0.05, 0.1) is 26.9 Å². The average molecular weight is 1200 g/mol. The molecule has 19 heteroatoms. The SMILES string of the molecule is COc1c(C(C)(C)C)cc(-c2nccc(C3CCN(C(=O)Cn4cnc5cccnc54)CC3)n2)cc1C(C)(C)C.COc1c(C(C)(C)C)cc(-c2nccc(C3CCN(C(=O)OC(C)(C)C)CC3)n2)cc1C(C)(C)C.O=C(O)Cn1cnc2cccnc21. The van der Waals surface area contributed by atoms with E-state index in [2.05, 4.69) is 137 Å². The minimum atomic E-state index is -0.898. The van der Waals surface area contributed by atoms with Gasteiger partial charge in [-0.15, -0.1) is 0 Å². The summed E-state index contributed by atoms with van der Waals surface area (Å²) in [5, 5.41) is 8.57. The van der Waals surface area contributed by atoms with Crippen LogP contribution in [0.1, 0.15) is 175 Å². The summed E-state index contributed by atoms with van der Waals surface area (Å²) in [6.07, 6.45) is 13.5. The second-order valence-electron chi connectivity index (χ2n) is 28.0. The fourth-order valence-corrected chi connectivity index (χ4v) is 11.2. The molecule has 2 fully saturated rings. The summed E-state index contributed by atoms with van der Waals surface area (Å²) in [6, 6.07) is 20.1. The predicted molar refractivity (Wildman–Crippen MR) is 344 cm³/mol. The lowest BCUT2D eigenvalue weighted by Gasteiger charge is -2.33. The topological polar surface area (TPSA) is 219 Å². The van der Waals surface area contributed by atoms with Crippen LogP contribution in [0.25, 0.3) is 45.1 Å². The highest BCUT2D eigenvalue weighted by Gasteiger charge is 2.33. The number of nitrogens with zero attached hydrogens (tertiary/aromatic N) is 12. The average Bonchev–Trinajstić information content (AvgIpc) is 4.14. The monoisotopic (exact) mass is 1200 g/mol. The summed E-state index contributed by atoms with van der Waals surface area (Å²) >= 11 is 0. The number of likely N-dealkylation sites (tertiary alicyclic amines) is 2. The maximum atomic E-state index is 13.1. The van der Waals surface area contributed by atoms with Gasteiger partial charge in [-0.25, -0.2) is 44.7 Å². The molecule has 0 radical (unpaired) electrons. The van der Waals surface area contributed by atoms with E-state index in [1.165, 1.54) is 10.9 Å². The minimum Gasteiger partial charge on any atom is -0.496 e. The molecule has 0 bridgehead atoms. The van der Waals surface area contributed by atoms with Crippen molar-refractivity contribution < 1.29 is 33.7 Å². The predicted octanol–water partition coefficient (Wildman–Crippen LogP) is 13.3. The number of rotatable bonds is 10. The molecule has 0 atom stereocenters. The van der Waals surface area contributed by atoms with Crippen LogP contribution >= 0.6 is 0 Å². The summed E-state index contributed by atoms with van der Waals surface area (Å²) in [4.78, 5) is 75.9. The minimum absolute atomic E-state index is 0.0898. The molecule has 2 aliphatic heterocycles. The Hall–Kier alpha value is -8.35. The van der Waals surface area contributed by atoms with Crippen LogP contribution in [-0.2, 0) is 49.1 Å². The Kier molecular flexibility index (Phi) is 19.8. The molecular formula is C69H90N12O7. The van der Waals surface area contributed by atoms with Gasteiger partial charge in [-0.1, -0.05) is 83.1 Å². The number of benzene rings is 2. The molecule has 0 aliphatic carbocycles. The molecule has 2 aliphatic rings. The second-order valence-corrected chi connectivity index (χ2v) is 28.0. The third kappa shape index (κ3) is 16.0. The lowest BCUT2D eigenvalue weighted by atomic mass is 9.78. The third-order valence-corrected chi connectivity index (χ3v) is 15.9. The number of carboxylic acid groups (broad SMARTS) is 1. The molecule has 1 N–H and O–H groups in total. The lowest BCUT2D eigenvalue weighted by molar-refractivity contribution is -0.137. The molecule has 88 heavy (non-hydrogen) atoms. The fourth-order valence-electron chi connectivity index (χ4n) is 11.2. The number of carbonyl (C=O) groups excluding carboxylic acids is 2. The van der Waals surface area contributed by atoms with Crippen LogP contribution in [0.4, 0.5) is 4.79 Å². The van der Waals surface area contributed by atoms with Crippen LogP contribution in [0.2, 0.25) is 0 Å². The van der Waals surface area contributed by atoms with E-state index in [9.17, 15) is 14.4 Å². The van der Waals surface area contributed by atoms with Crippen LogP contribution in [-0.4, -0.2) is 128 Å². The number of piperidine rings is 2. The number of carbonyl (C=O) groups is 3. The van der Waals surface area contributed by atoms with E-state index in [0.717, 1.165) is 105 Å². The van der Waals surface area contributed by atoms with Crippen LogP contribution < -0.4 is 9.47 Å². The number of hydrogen-bond donors (Lipinski definition) is 1. The number of aromatic nitrogens is 10. The molecule has 0 spiro atoms. The number of hydrogen-bond acceptors (Lipinski definition) is 14. The number of pyridine rings is 2. The van der Waals surface area contributed by atoms with Gasteiger partial charge in [-0.05, 0) is 129 Å². The first-order valence-corrected chi connectivity index (χ1v) is 30.4. The molecule has 2 saturated heterocycles. The van der Waals surface area contributed by atoms with Gasteiger partial charge in [-0.3, -0.25) is 9.59 Å². The van der Waals surface area contributed by atoms with E-state index in [4.69, 9.17) is 29.3 Å². The molecule has 0 saturated carbocycles. The summed E-state index contributed by atoms with van der Waals surface area (Å²) in [6.45, 7) is 35.1. The Bertz CT molecular complexity index is 3680. The van der Waals surface area contributed by atoms with E-state index in [1.807, 2.05) is 66.9 Å². The van der Waals surface area contributed by atoms with Gasteiger partial charge < -0.3 is 38.3 Å². The van der Waals surface area contributed by atoms with Crippen molar-refractivity contribution in [1.29, 1.82) is 0 Å². The summed E-state index contributed by atoms with van der Waals surface area (Å²) in [7, 11) is 3.50. The Morgan fingerprint density at radius 2 is 0.875 bits per heavy atom. The van der Waals surface area contributed by atoms with E-state index in [1.54, 1.807) is 50.0 Å². The van der Waals surface area contributed by atoms with Crippen molar-refractivity contribution in [3.63, 3.8) is 0 Å². The Balaban J connectivity index is 0.000000190. The fraction of sp³-hybridized carbons (Fsp3) is 0.493. The zero-order chi connectivity index (χ0) is 64.1. The van der Waals surface area contributed by atoms with Crippen LogP contribution in [0.5, 0.6) is 11.5 Å². The molecule has 468 valence electrons. The number of imidazole rings is 2. The molecule has 0 unspecified atom stereocenters. The quantitative estimate of drug-likeness (QED) is 0.135.